The number of nitrogens with zero attached hydrogens (tertiary/aromatic N) is 3. The molecule has 6 nitrogen and oxygen atoms in total. The Kier molecular flexibility index (Phi) is 2.81. The summed E-state index contributed by atoms with van der Waals surface area (Å²) in [6, 6.07) is 10.1. The van der Waals surface area contributed by atoms with Crippen LogP contribution in [0.1, 0.15) is 0 Å². The lowest BCUT2D eigenvalue weighted by molar-refractivity contribution is -0.384. The summed E-state index contributed by atoms with van der Waals surface area (Å²) >= 11 is 1.55. The van der Waals surface area contributed by atoms with Gasteiger partial charge in [0.25, 0.3) is 5.69 Å². The topological polar surface area (TPSA) is 84.7 Å². The van der Waals surface area contributed by atoms with Gasteiger partial charge in [0.15, 0.2) is 11.6 Å². The number of aromatic nitrogens is 3. The van der Waals surface area contributed by atoms with Crippen molar-refractivity contribution in [1.82, 2.24) is 15.2 Å². The number of H-pyrrole nitrogens is 1. The van der Waals surface area contributed by atoms with Crippen LogP contribution in [0.25, 0.3) is 22.1 Å². The van der Waals surface area contributed by atoms with Crippen molar-refractivity contribution >= 4 is 17.0 Å². The average molecular weight is 272 g/mol. The van der Waals surface area contributed by atoms with Gasteiger partial charge in [0, 0.05) is 17.7 Å². The quantitative estimate of drug-likeness (QED) is 0.586. The van der Waals surface area contributed by atoms with E-state index in [9.17, 15) is 10.1 Å². The Bertz CT molecular complexity index is 721. The zero-order valence-corrected chi connectivity index (χ0v) is 10.4. The highest BCUT2D eigenvalue weighted by molar-refractivity contribution is 7.13. The Morgan fingerprint density at radius 2 is 2.16 bits per heavy atom. The molecule has 0 unspecified atom stereocenters. The SMILES string of the molecule is O=[N+]([O-])c1cccc(-c2n[nH]c(-c3cccs3)n2)c1. The lowest BCUT2D eigenvalue weighted by atomic mass is 10.2. The van der Waals surface area contributed by atoms with Gasteiger partial charge in [-0.2, -0.15) is 5.10 Å². The first-order valence-electron chi connectivity index (χ1n) is 5.45. The summed E-state index contributed by atoms with van der Waals surface area (Å²) in [5.74, 6) is 1.11. The van der Waals surface area contributed by atoms with E-state index in [0.717, 1.165) is 4.88 Å². The predicted molar refractivity (Wildman–Crippen MR) is 71.8 cm³/mol. The molecule has 0 aliphatic heterocycles. The summed E-state index contributed by atoms with van der Waals surface area (Å²) in [5, 5.41) is 19.6. The Morgan fingerprint density at radius 1 is 1.26 bits per heavy atom. The smallest absolute Gasteiger partial charge is 0.258 e. The number of benzene rings is 1. The van der Waals surface area contributed by atoms with Gasteiger partial charge in [-0.1, -0.05) is 18.2 Å². The van der Waals surface area contributed by atoms with E-state index in [2.05, 4.69) is 15.2 Å². The van der Waals surface area contributed by atoms with Crippen LogP contribution in [0, 0.1) is 10.1 Å². The maximum absolute atomic E-state index is 10.7. The molecule has 1 N–H and O–H groups in total. The average Bonchev–Trinajstić information content (AvgIpc) is 3.09. The molecule has 0 atom stereocenters. The van der Waals surface area contributed by atoms with Gasteiger partial charge in [-0.05, 0) is 11.4 Å². The Morgan fingerprint density at radius 3 is 2.89 bits per heavy atom. The van der Waals surface area contributed by atoms with E-state index in [1.54, 1.807) is 23.5 Å². The van der Waals surface area contributed by atoms with Crippen LogP contribution in [-0.2, 0) is 0 Å². The molecule has 0 saturated heterocycles. The molecule has 0 amide bonds. The minimum absolute atomic E-state index is 0.0278. The number of nitrogens with one attached hydrogen (secondary N) is 1. The van der Waals surface area contributed by atoms with E-state index in [-0.39, 0.29) is 5.69 Å². The van der Waals surface area contributed by atoms with Gasteiger partial charge in [0.1, 0.15) is 0 Å². The van der Waals surface area contributed by atoms with Crippen molar-refractivity contribution in [2.45, 2.75) is 0 Å². The maximum Gasteiger partial charge on any atom is 0.270 e. The van der Waals surface area contributed by atoms with Crippen LogP contribution in [-0.4, -0.2) is 20.1 Å². The standard InChI is InChI=1S/C12H8N4O2S/c17-16(18)9-4-1-3-8(7-9)11-13-12(15-14-11)10-5-2-6-19-10/h1-7H,(H,13,14,15). The normalized spacial score (nSPS) is 10.5. The van der Waals surface area contributed by atoms with Crippen LogP contribution >= 0.6 is 11.3 Å². The second kappa shape index (κ2) is 4.62. The fourth-order valence-corrected chi connectivity index (χ4v) is 2.34. The van der Waals surface area contributed by atoms with Crippen LogP contribution in [0.2, 0.25) is 0 Å². The summed E-state index contributed by atoms with van der Waals surface area (Å²) < 4.78 is 0. The second-order valence-corrected chi connectivity index (χ2v) is 4.74. The van der Waals surface area contributed by atoms with E-state index in [4.69, 9.17) is 0 Å². The first kappa shape index (κ1) is 11.5. The number of aromatic amines is 1. The Balaban J connectivity index is 1.99. The lowest BCUT2D eigenvalue weighted by Crippen LogP contribution is -1.88. The van der Waals surface area contributed by atoms with Gasteiger partial charge in [-0.15, -0.1) is 11.3 Å². The minimum atomic E-state index is -0.434. The first-order chi connectivity index (χ1) is 9.24. The molecule has 3 rings (SSSR count). The molecule has 2 aromatic heterocycles. The largest absolute Gasteiger partial charge is 0.270 e. The fourth-order valence-electron chi connectivity index (χ4n) is 1.67. The maximum atomic E-state index is 10.7. The molecular weight excluding hydrogens is 264 g/mol. The van der Waals surface area contributed by atoms with E-state index < -0.39 is 4.92 Å². The van der Waals surface area contributed by atoms with Crippen molar-refractivity contribution < 1.29 is 4.92 Å². The number of rotatable bonds is 3. The summed E-state index contributed by atoms with van der Waals surface area (Å²) in [5.41, 5.74) is 0.647. The summed E-state index contributed by atoms with van der Waals surface area (Å²) in [7, 11) is 0. The zero-order valence-electron chi connectivity index (χ0n) is 9.61. The summed E-state index contributed by atoms with van der Waals surface area (Å²) in [4.78, 5) is 15.6. The molecule has 0 aliphatic carbocycles. The van der Waals surface area contributed by atoms with E-state index >= 15 is 0 Å². The van der Waals surface area contributed by atoms with Gasteiger partial charge in [0.05, 0.1) is 9.80 Å². The molecule has 3 aromatic rings. The highest BCUT2D eigenvalue weighted by Crippen LogP contribution is 2.25. The Labute approximate surface area is 111 Å². The molecule has 0 fully saturated rings. The molecule has 0 bridgehead atoms. The van der Waals surface area contributed by atoms with Crippen LogP contribution in [0.5, 0.6) is 0 Å². The van der Waals surface area contributed by atoms with Crippen molar-refractivity contribution in [3.8, 4) is 22.1 Å². The van der Waals surface area contributed by atoms with Crippen molar-refractivity contribution in [3.05, 3.63) is 51.9 Å². The number of non-ortho nitro benzene ring substituents is 1. The van der Waals surface area contributed by atoms with Gasteiger partial charge in [-0.25, -0.2) is 4.98 Å². The molecule has 2 heterocycles. The van der Waals surface area contributed by atoms with Gasteiger partial charge in [-0.3, -0.25) is 15.2 Å². The molecule has 0 radical (unpaired) electrons. The molecule has 0 spiro atoms. The third kappa shape index (κ3) is 2.23. The molecule has 0 saturated carbocycles. The number of hydrogen-bond donors (Lipinski definition) is 1. The van der Waals surface area contributed by atoms with Gasteiger partial charge < -0.3 is 0 Å². The fraction of sp³-hybridized carbons (Fsp3) is 0. The van der Waals surface area contributed by atoms with Gasteiger partial charge >= 0.3 is 0 Å². The van der Waals surface area contributed by atoms with Crippen LogP contribution in [0.4, 0.5) is 5.69 Å². The van der Waals surface area contributed by atoms with E-state index in [1.807, 2.05) is 17.5 Å². The number of thiophene rings is 1. The number of nitro benzene ring substituents is 1. The second-order valence-electron chi connectivity index (χ2n) is 3.79. The van der Waals surface area contributed by atoms with Crippen LogP contribution in [0.15, 0.2) is 41.8 Å². The van der Waals surface area contributed by atoms with Crippen molar-refractivity contribution in [1.29, 1.82) is 0 Å². The summed E-state index contributed by atoms with van der Waals surface area (Å²) in [6.07, 6.45) is 0. The first-order valence-corrected chi connectivity index (χ1v) is 6.33. The van der Waals surface area contributed by atoms with E-state index in [0.29, 0.717) is 17.2 Å². The van der Waals surface area contributed by atoms with Crippen LogP contribution in [0.3, 0.4) is 0 Å². The third-order valence-electron chi connectivity index (χ3n) is 2.56. The third-order valence-corrected chi connectivity index (χ3v) is 3.43. The molecule has 7 heteroatoms. The molecule has 0 aliphatic rings. The Hall–Kier alpha value is -2.54. The van der Waals surface area contributed by atoms with E-state index in [1.165, 1.54) is 12.1 Å². The molecule has 19 heavy (non-hydrogen) atoms. The highest BCUT2D eigenvalue weighted by atomic mass is 32.1. The molecule has 94 valence electrons. The van der Waals surface area contributed by atoms with Crippen molar-refractivity contribution in [2.75, 3.05) is 0 Å². The van der Waals surface area contributed by atoms with Crippen molar-refractivity contribution in [3.63, 3.8) is 0 Å². The van der Waals surface area contributed by atoms with Gasteiger partial charge in [0.2, 0.25) is 0 Å². The minimum Gasteiger partial charge on any atom is -0.258 e. The highest BCUT2D eigenvalue weighted by Gasteiger charge is 2.11. The van der Waals surface area contributed by atoms with Crippen molar-refractivity contribution in [2.24, 2.45) is 0 Å². The molecule has 1 aromatic carbocycles. The predicted octanol–water partition coefficient (Wildman–Crippen LogP) is 3.11. The van der Waals surface area contributed by atoms with Crippen LogP contribution < -0.4 is 0 Å². The molecular formula is C12H8N4O2S. The number of hydrogen-bond acceptors (Lipinski definition) is 5. The zero-order chi connectivity index (χ0) is 13.2. The monoisotopic (exact) mass is 272 g/mol. The lowest BCUT2D eigenvalue weighted by Gasteiger charge is -1.94. The number of nitro groups is 1. The summed E-state index contributed by atoms with van der Waals surface area (Å²) in [6.45, 7) is 0.